The van der Waals surface area contributed by atoms with Crippen molar-refractivity contribution in [2.45, 2.75) is 30.8 Å². The summed E-state index contributed by atoms with van der Waals surface area (Å²) in [6, 6.07) is 25.2. The van der Waals surface area contributed by atoms with Crippen molar-refractivity contribution in [1.29, 1.82) is 0 Å². The molecule has 0 aliphatic rings. The number of hydrogen-bond acceptors (Lipinski definition) is 6. The monoisotopic (exact) mass is 668 g/mol. The quantitative estimate of drug-likeness (QED) is 0.140. The molecule has 0 spiro atoms. The number of carbonyl (C=O) groups excluding carboxylic acids is 2. The Balaban J connectivity index is 1.82. The highest BCUT2D eigenvalue weighted by Crippen LogP contribution is 2.28. The second kappa shape index (κ2) is 15.0. The number of non-ortho nitro benzene ring substituents is 1. The van der Waals surface area contributed by atoms with Crippen molar-refractivity contribution < 1.29 is 22.9 Å². The molecule has 0 fully saturated rings. The number of sulfonamides is 1. The first-order chi connectivity index (χ1) is 21.5. The zero-order valence-corrected chi connectivity index (χ0v) is 26.5. The zero-order valence-electron chi connectivity index (χ0n) is 24.2. The average molecular weight is 670 g/mol. The third-order valence-electron chi connectivity index (χ3n) is 6.94. The minimum Gasteiger partial charge on any atom is -0.355 e. The van der Waals surface area contributed by atoms with Crippen molar-refractivity contribution in [3.63, 3.8) is 0 Å². The summed E-state index contributed by atoms with van der Waals surface area (Å²) >= 11 is 12.6. The molecule has 10 nitrogen and oxygen atoms in total. The molecule has 1 atom stereocenters. The molecule has 0 unspecified atom stereocenters. The molecule has 13 heteroatoms. The molecule has 0 bridgehead atoms. The van der Waals surface area contributed by atoms with E-state index in [9.17, 15) is 28.1 Å². The van der Waals surface area contributed by atoms with E-state index in [1.807, 2.05) is 30.3 Å². The molecule has 0 radical (unpaired) electrons. The van der Waals surface area contributed by atoms with Gasteiger partial charge in [0.15, 0.2) is 0 Å². The van der Waals surface area contributed by atoms with Gasteiger partial charge in [-0.2, -0.15) is 0 Å². The Hall–Kier alpha value is -4.45. The fraction of sp³-hybridized carbons (Fsp3) is 0.188. The van der Waals surface area contributed by atoms with Gasteiger partial charge in [0.25, 0.3) is 15.7 Å². The SMILES string of the molecule is CCNC(=O)[C@H](Cc1ccccc1)N(Cc1ccc(Cl)cc1Cl)C(=O)CN(c1ccc([N+](=O)[O-])cc1)S(=O)(=O)c1ccccc1. The first kappa shape index (κ1) is 33.4. The van der Waals surface area contributed by atoms with Crippen LogP contribution in [0.2, 0.25) is 10.0 Å². The fourth-order valence-corrected chi connectivity index (χ4v) is 6.57. The smallest absolute Gasteiger partial charge is 0.269 e. The van der Waals surface area contributed by atoms with E-state index >= 15 is 0 Å². The predicted octanol–water partition coefficient (Wildman–Crippen LogP) is 5.87. The fourth-order valence-electron chi connectivity index (χ4n) is 4.67. The summed E-state index contributed by atoms with van der Waals surface area (Å²) in [6.07, 6.45) is 0.132. The van der Waals surface area contributed by atoms with Crippen molar-refractivity contribution >= 4 is 56.4 Å². The number of carbonyl (C=O) groups is 2. The Morgan fingerprint density at radius 3 is 2.11 bits per heavy atom. The van der Waals surface area contributed by atoms with Gasteiger partial charge in [-0.1, -0.05) is 77.8 Å². The van der Waals surface area contributed by atoms with E-state index in [1.165, 1.54) is 35.2 Å². The zero-order chi connectivity index (χ0) is 32.6. The maximum atomic E-state index is 14.4. The van der Waals surface area contributed by atoms with Gasteiger partial charge in [0.1, 0.15) is 12.6 Å². The molecule has 0 heterocycles. The average Bonchev–Trinajstić information content (AvgIpc) is 3.03. The molecule has 0 aliphatic carbocycles. The van der Waals surface area contributed by atoms with E-state index in [-0.39, 0.29) is 34.3 Å². The first-order valence-corrected chi connectivity index (χ1v) is 16.1. The van der Waals surface area contributed by atoms with Gasteiger partial charge in [-0.15, -0.1) is 0 Å². The number of nitrogens with zero attached hydrogens (tertiary/aromatic N) is 3. The summed E-state index contributed by atoms with van der Waals surface area (Å²) in [4.78, 5) is 39.8. The van der Waals surface area contributed by atoms with Crippen LogP contribution in [-0.4, -0.2) is 49.2 Å². The minimum absolute atomic E-state index is 0.0277. The second-order valence-electron chi connectivity index (χ2n) is 9.96. The van der Waals surface area contributed by atoms with Crippen molar-refractivity contribution in [2.75, 3.05) is 17.4 Å². The van der Waals surface area contributed by atoms with Gasteiger partial charge in [0.05, 0.1) is 15.5 Å². The molecule has 2 amide bonds. The van der Waals surface area contributed by atoms with Crippen LogP contribution in [0.5, 0.6) is 0 Å². The largest absolute Gasteiger partial charge is 0.355 e. The van der Waals surface area contributed by atoms with Gasteiger partial charge in [0.2, 0.25) is 11.8 Å². The Kier molecular flexibility index (Phi) is 11.2. The summed E-state index contributed by atoms with van der Waals surface area (Å²) in [7, 11) is -4.35. The maximum Gasteiger partial charge on any atom is 0.269 e. The van der Waals surface area contributed by atoms with Crippen LogP contribution in [0.25, 0.3) is 0 Å². The molecule has 234 valence electrons. The molecule has 4 rings (SSSR count). The van der Waals surface area contributed by atoms with E-state index in [0.29, 0.717) is 17.1 Å². The Morgan fingerprint density at radius 1 is 0.911 bits per heavy atom. The standard InChI is InChI=1S/C32H30Cl2N4O6S/c1-2-35-32(40)30(19-23-9-5-3-6-10-23)36(21-24-13-14-25(33)20-29(24)34)31(39)22-37(26-15-17-27(18-16-26)38(41)42)45(43,44)28-11-7-4-8-12-28/h3-18,20,30H,2,19,21-22H2,1H3,(H,35,40)/t30-/m0/s1. The summed E-state index contributed by atoms with van der Waals surface area (Å²) in [5.41, 5.74) is 1.04. The molecular formula is C32H30Cl2N4O6S. The van der Waals surface area contributed by atoms with E-state index in [0.717, 1.165) is 22.0 Å². The number of nitro benzene ring substituents is 1. The normalized spacial score (nSPS) is 11.8. The molecule has 0 aliphatic heterocycles. The predicted molar refractivity (Wildman–Crippen MR) is 174 cm³/mol. The number of rotatable bonds is 13. The minimum atomic E-state index is -4.35. The van der Waals surface area contributed by atoms with E-state index in [4.69, 9.17) is 23.2 Å². The summed E-state index contributed by atoms with van der Waals surface area (Å²) < 4.78 is 28.8. The van der Waals surface area contributed by atoms with Crippen LogP contribution in [0, 0.1) is 10.1 Å². The van der Waals surface area contributed by atoms with Gasteiger partial charge in [-0.3, -0.25) is 24.0 Å². The third-order valence-corrected chi connectivity index (χ3v) is 9.31. The molecule has 4 aromatic rings. The van der Waals surface area contributed by atoms with Gasteiger partial charge in [0, 0.05) is 41.7 Å². The van der Waals surface area contributed by atoms with Crippen LogP contribution >= 0.6 is 23.2 Å². The van der Waals surface area contributed by atoms with E-state index in [2.05, 4.69) is 5.32 Å². The lowest BCUT2D eigenvalue weighted by Crippen LogP contribution is -2.53. The van der Waals surface area contributed by atoms with Crippen LogP contribution in [-0.2, 0) is 32.6 Å². The number of nitro groups is 1. The van der Waals surface area contributed by atoms with Crippen molar-refractivity contribution in [1.82, 2.24) is 10.2 Å². The molecular weight excluding hydrogens is 639 g/mol. The number of amides is 2. The third kappa shape index (κ3) is 8.39. The molecule has 0 aromatic heterocycles. The van der Waals surface area contributed by atoms with Crippen LogP contribution in [0.1, 0.15) is 18.1 Å². The van der Waals surface area contributed by atoms with Crippen molar-refractivity contribution in [3.05, 3.63) is 134 Å². The Morgan fingerprint density at radius 2 is 1.53 bits per heavy atom. The lowest BCUT2D eigenvalue weighted by atomic mass is 10.0. The number of nitrogens with one attached hydrogen (secondary N) is 1. The van der Waals surface area contributed by atoms with Crippen molar-refractivity contribution in [2.24, 2.45) is 0 Å². The Bertz CT molecular complexity index is 1760. The van der Waals surface area contributed by atoms with Gasteiger partial charge < -0.3 is 10.2 Å². The first-order valence-electron chi connectivity index (χ1n) is 13.9. The van der Waals surface area contributed by atoms with Crippen LogP contribution in [0.3, 0.4) is 0 Å². The second-order valence-corrected chi connectivity index (χ2v) is 12.7. The van der Waals surface area contributed by atoms with Crippen molar-refractivity contribution in [3.8, 4) is 0 Å². The number of hydrogen-bond donors (Lipinski definition) is 1. The number of likely N-dealkylation sites (N-methyl/N-ethyl adjacent to an activating group) is 1. The van der Waals surface area contributed by atoms with Crippen LogP contribution in [0.4, 0.5) is 11.4 Å². The van der Waals surface area contributed by atoms with Gasteiger partial charge >= 0.3 is 0 Å². The lowest BCUT2D eigenvalue weighted by Gasteiger charge is -2.34. The molecule has 45 heavy (non-hydrogen) atoms. The number of halogens is 2. The summed E-state index contributed by atoms with van der Waals surface area (Å²) in [5, 5.41) is 14.7. The number of benzene rings is 4. The number of anilines is 1. The highest BCUT2D eigenvalue weighted by atomic mass is 35.5. The Labute approximate surface area is 271 Å². The van der Waals surface area contributed by atoms with Crippen LogP contribution < -0.4 is 9.62 Å². The van der Waals surface area contributed by atoms with Crippen LogP contribution in [0.15, 0.2) is 108 Å². The topological polar surface area (TPSA) is 130 Å². The molecule has 0 saturated heterocycles. The van der Waals surface area contributed by atoms with E-state index in [1.54, 1.807) is 37.3 Å². The lowest BCUT2D eigenvalue weighted by molar-refractivity contribution is -0.384. The highest BCUT2D eigenvalue weighted by Gasteiger charge is 2.35. The highest BCUT2D eigenvalue weighted by molar-refractivity contribution is 7.92. The van der Waals surface area contributed by atoms with Gasteiger partial charge in [-0.25, -0.2) is 8.42 Å². The maximum absolute atomic E-state index is 14.4. The molecule has 1 N–H and O–H groups in total. The van der Waals surface area contributed by atoms with Gasteiger partial charge in [-0.05, 0) is 54.4 Å². The summed E-state index contributed by atoms with van der Waals surface area (Å²) in [6.45, 7) is 1.20. The molecule has 4 aromatic carbocycles. The molecule has 0 saturated carbocycles. The summed E-state index contributed by atoms with van der Waals surface area (Å²) in [5.74, 6) is -1.14. The van der Waals surface area contributed by atoms with E-state index < -0.39 is 39.3 Å².